The van der Waals surface area contributed by atoms with Crippen LogP contribution in [0.2, 0.25) is 0 Å². The number of thiazole rings is 1. The van der Waals surface area contributed by atoms with Crippen molar-refractivity contribution >= 4 is 40.1 Å². The van der Waals surface area contributed by atoms with Gasteiger partial charge in [-0.1, -0.05) is 0 Å². The van der Waals surface area contributed by atoms with Crippen molar-refractivity contribution in [2.24, 2.45) is 5.73 Å². The molecule has 0 bridgehead atoms. The summed E-state index contributed by atoms with van der Waals surface area (Å²) in [7, 11) is 1.53. The maximum Gasteiger partial charge on any atom is 0.270 e. The molecule has 0 saturated heterocycles. The molecule has 4 N–H and O–H groups in total. The molecular weight excluding hydrogens is 406 g/mol. The van der Waals surface area contributed by atoms with Crippen LogP contribution < -0.4 is 15.8 Å². The number of carbonyl (C=O) groups excluding carboxylic acids is 2. The molecule has 0 aliphatic heterocycles. The minimum atomic E-state index is -0.612. The van der Waals surface area contributed by atoms with Gasteiger partial charge in [-0.25, -0.2) is 15.0 Å². The van der Waals surface area contributed by atoms with Crippen LogP contribution in [0.15, 0.2) is 18.3 Å². The van der Waals surface area contributed by atoms with Gasteiger partial charge in [0.1, 0.15) is 10.5 Å². The molecule has 0 unspecified atom stereocenters. The zero-order valence-electron chi connectivity index (χ0n) is 16.7. The number of nitrogens with zero attached hydrogens (tertiary/aromatic N) is 4. The summed E-state index contributed by atoms with van der Waals surface area (Å²) in [6, 6.07) is 3.44. The van der Waals surface area contributed by atoms with E-state index >= 15 is 0 Å². The van der Waals surface area contributed by atoms with Gasteiger partial charge in [-0.15, -0.1) is 11.3 Å². The lowest BCUT2D eigenvalue weighted by Gasteiger charge is -2.08. The van der Waals surface area contributed by atoms with Crippen molar-refractivity contribution in [2.45, 2.75) is 20.8 Å². The van der Waals surface area contributed by atoms with Crippen molar-refractivity contribution in [1.82, 2.24) is 24.5 Å². The summed E-state index contributed by atoms with van der Waals surface area (Å²) in [6.07, 6.45) is 1.56. The highest BCUT2D eigenvalue weighted by Crippen LogP contribution is 2.29. The van der Waals surface area contributed by atoms with E-state index in [0.29, 0.717) is 44.1 Å². The highest BCUT2D eigenvalue weighted by Gasteiger charge is 2.23. The summed E-state index contributed by atoms with van der Waals surface area (Å²) in [4.78, 5) is 40.4. The number of hydrogen-bond donors (Lipinski definition) is 3. The second-order valence-electron chi connectivity index (χ2n) is 6.65. The fraction of sp³-hybridized carbons (Fsp3) is 0.211. The monoisotopic (exact) mass is 425 g/mol. The number of nitrogens with two attached hydrogens (primary N) is 1. The maximum absolute atomic E-state index is 12.9. The molecule has 0 aromatic carbocycles. The third kappa shape index (κ3) is 3.28. The highest BCUT2D eigenvalue weighted by molar-refractivity contribution is 7.14. The summed E-state index contributed by atoms with van der Waals surface area (Å²) < 4.78 is 6.91. The number of pyridine rings is 1. The number of carbonyl (C=O) groups is 2. The molecule has 0 aliphatic carbocycles. The van der Waals surface area contributed by atoms with Crippen LogP contribution >= 0.6 is 11.3 Å². The second-order valence-corrected chi connectivity index (χ2v) is 7.84. The fourth-order valence-electron chi connectivity index (χ4n) is 3.27. The SMILES string of the molecule is COc1cc2[nH]c(NC(=O)c3cc(C)n(-c4sc(C)nc4C(N)=O)c3C)nc2cn1. The first-order valence-corrected chi connectivity index (χ1v) is 9.77. The van der Waals surface area contributed by atoms with E-state index in [0.717, 1.165) is 5.69 Å². The number of rotatable bonds is 5. The van der Waals surface area contributed by atoms with Crippen molar-refractivity contribution in [3.63, 3.8) is 0 Å². The smallest absolute Gasteiger partial charge is 0.270 e. The van der Waals surface area contributed by atoms with E-state index in [1.807, 2.05) is 11.5 Å². The number of fused-ring (bicyclic) bond motifs is 1. The maximum atomic E-state index is 12.9. The van der Waals surface area contributed by atoms with E-state index in [9.17, 15) is 9.59 Å². The molecule has 4 aromatic rings. The number of aryl methyl sites for hydroxylation is 2. The van der Waals surface area contributed by atoms with E-state index < -0.39 is 5.91 Å². The second kappa shape index (κ2) is 7.26. The van der Waals surface area contributed by atoms with Gasteiger partial charge in [0, 0.05) is 17.5 Å². The van der Waals surface area contributed by atoms with Crippen LogP contribution in [-0.4, -0.2) is 43.4 Å². The van der Waals surface area contributed by atoms with Gasteiger partial charge in [-0.05, 0) is 26.8 Å². The molecule has 0 spiro atoms. The summed E-state index contributed by atoms with van der Waals surface area (Å²) in [5.74, 6) is -0.214. The molecule has 0 atom stereocenters. The van der Waals surface area contributed by atoms with E-state index in [-0.39, 0.29) is 11.6 Å². The molecule has 4 heterocycles. The number of H-pyrrole nitrogens is 1. The largest absolute Gasteiger partial charge is 0.481 e. The van der Waals surface area contributed by atoms with Crippen molar-refractivity contribution in [3.8, 4) is 10.9 Å². The van der Waals surface area contributed by atoms with E-state index in [2.05, 4.69) is 25.3 Å². The van der Waals surface area contributed by atoms with Crippen LogP contribution in [0.25, 0.3) is 16.0 Å². The summed E-state index contributed by atoms with van der Waals surface area (Å²) >= 11 is 1.34. The van der Waals surface area contributed by atoms with Crippen molar-refractivity contribution in [1.29, 1.82) is 0 Å². The Bertz CT molecular complexity index is 1300. The Kier molecular flexibility index (Phi) is 4.74. The first-order valence-electron chi connectivity index (χ1n) is 8.96. The van der Waals surface area contributed by atoms with Gasteiger partial charge in [0.15, 0.2) is 5.69 Å². The molecule has 4 aromatic heterocycles. The predicted octanol–water partition coefficient (Wildman–Crippen LogP) is 2.49. The average molecular weight is 425 g/mol. The Hall–Kier alpha value is -3.73. The van der Waals surface area contributed by atoms with Crippen LogP contribution in [0.5, 0.6) is 5.88 Å². The van der Waals surface area contributed by atoms with Gasteiger partial charge in [-0.2, -0.15) is 0 Å². The van der Waals surface area contributed by atoms with Crippen molar-refractivity contribution in [2.75, 3.05) is 12.4 Å². The molecule has 154 valence electrons. The topological polar surface area (TPSA) is 141 Å². The van der Waals surface area contributed by atoms with Gasteiger partial charge in [-0.3, -0.25) is 14.9 Å². The van der Waals surface area contributed by atoms with Crippen LogP contribution in [0.1, 0.15) is 37.2 Å². The molecular formula is C19H19N7O3S. The number of aromatic amines is 1. The minimum absolute atomic E-state index is 0.185. The fourth-order valence-corrected chi connectivity index (χ4v) is 4.31. The zero-order valence-corrected chi connectivity index (χ0v) is 17.5. The number of anilines is 1. The Morgan fingerprint density at radius 3 is 2.70 bits per heavy atom. The Morgan fingerprint density at radius 2 is 2.00 bits per heavy atom. The molecule has 10 nitrogen and oxygen atoms in total. The number of amides is 2. The number of nitrogens with one attached hydrogen (secondary N) is 2. The van der Waals surface area contributed by atoms with Crippen LogP contribution in [-0.2, 0) is 0 Å². The highest BCUT2D eigenvalue weighted by atomic mass is 32.1. The molecule has 0 radical (unpaired) electrons. The summed E-state index contributed by atoms with van der Waals surface area (Å²) in [5.41, 5.74) is 8.84. The number of hydrogen-bond acceptors (Lipinski definition) is 7. The van der Waals surface area contributed by atoms with E-state index in [1.54, 1.807) is 32.2 Å². The normalized spacial score (nSPS) is 11.1. The predicted molar refractivity (Wildman–Crippen MR) is 113 cm³/mol. The first-order chi connectivity index (χ1) is 14.3. The van der Waals surface area contributed by atoms with Gasteiger partial charge in [0.2, 0.25) is 11.8 Å². The number of primary amides is 1. The van der Waals surface area contributed by atoms with Gasteiger partial charge < -0.3 is 20.0 Å². The molecule has 11 heteroatoms. The lowest BCUT2D eigenvalue weighted by Crippen LogP contribution is -2.16. The van der Waals surface area contributed by atoms with Crippen LogP contribution in [0, 0.1) is 20.8 Å². The number of aromatic nitrogens is 5. The van der Waals surface area contributed by atoms with Crippen molar-refractivity contribution < 1.29 is 14.3 Å². The lowest BCUT2D eigenvalue weighted by molar-refractivity contribution is 0.0994. The standard InChI is InChI=1S/C19H19N7O3S/c1-8-5-11(9(2)26(8)18-15(16(20)27)22-10(3)30-18)17(28)25-19-23-12-6-14(29-4)21-7-13(12)24-19/h5-7H,1-4H3,(H2,20,27)(H2,23,24,25,28). The molecule has 4 rings (SSSR count). The quantitative estimate of drug-likeness (QED) is 0.449. The number of imidazole rings is 1. The first kappa shape index (κ1) is 19.6. The molecule has 0 fully saturated rings. The molecule has 30 heavy (non-hydrogen) atoms. The van der Waals surface area contributed by atoms with E-state index in [4.69, 9.17) is 10.5 Å². The van der Waals surface area contributed by atoms with E-state index in [1.165, 1.54) is 18.4 Å². The van der Waals surface area contributed by atoms with Crippen LogP contribution in [0.3, 0.4) is 0 Å². The minimum Gasteiger partial charge on any atom is -0.481 e. The summed E-state index contributed by atoms with van der Waals surface area (Å²) in [5, 5.41) is 4.07. The Balaban J connectivity index is 1.68. The number of methoxy groups -OCH3 is 1. The number of ether oxygens (including phenoxy) is 1. The van der Waals surface area contributed by atoms with Gasteiger partial charge in [0.25, 0.3) is 11.8 Å². The Labute approximate surface area is 175 Å². The average Bonchev–Trinajstić information content (AvgIpc) is 3.35. The third-order valence-electron chi connectivity index (χ3n) is 4.61. The zero-order chi connectivity index (χ0) is 21.6. The van der Waals surface area contributed by atoms with Gasteiger partial charge >= 0.3 is 0 Å². The van der Waals surface area contributed by atoms with Crippen molar-refractivity contribution in [3.05, 3.63) is 46.0 Å². The molecule has 0 aliphatic rings. The summed E-state index contributed by atoms with van der Waals surface area (Å²) in [6.45, 7) is 5.45. The molecule has 2 amide bonds. The van der Waals surface area contributed by atoms with Gasteiger partial charge in [0.05, 0.1) is 29.4 Å². The Morgan fingerprint density at radius 1 is 1.23 bits per heavy atom. The molecule has 0 saturated carbocycles. The third-order valence-corrected chi connectivity index (χ3v) is 5.57. The van der Waals surface area contributed by atoms with Crippen LogP contribution in [0.4, 0.5) is 5.95 Å². The lowest BCUT2D eigenvalue weighted by atomic mass is 10.2.